The largest absolute Gasteiger partial charge is 0.449 e. The Morgan fingerprint density at radius 3 is 2.39 bits per heavy atom. The lowest BCUT2D eigenvalue weighted by Crippen LogP contribution is -2.31. The molecule has 0 fully saturated rings. The number of halogens is 7. The average molecular weight is 554 g/mol. The van der Waals surface area contributed by atoms with Crippen LogP contribution in [0.4, 0.5) is 26.3 Å². The number of nitriles is 1. The highest BCUT2D eigenvalue weighted by molar-refractivity contribution is 7.14. The minimum atomic E-state index is -5.21. The molecule has 190 valence electrons. The summed E-state index contributed by atoms with van der Waals surface area (Å²) in [6, 6.07) is 5.51. The van der Waals surface area contributed by atoms with Gasteiger partial charge < -0.3 is 9.84 Å². The van der Waals surface area contributed by atoms with Crippen molar-refractivity contribution in [2.75, 3.05) is 0 Å². The summed E-state index contributed by atoms with van der Waals surface area (Å²) >= 11 is 5.81. The quantitative estimate of drug-likeness (QED) is 0.379. The molecule has 0 aliphatic heterocycles. The van der Waals surface area contributed by atoms with Gasteiger partial charge >= 0.3 is 12.4 Å². The van der Waals surface area contributed by atoms with Crippen LogP contribution in [-0.2, 0) is 12.7 Å². The van der Waals surface area contributed by atoms with Crippen molar-refractivity contribution in [3.63, 3.8) is 0 Å². The lowest BCUT2D eigenvalue weighted by atomic mass is 10.1. The van der Waals surface area contributed by atoms with Crippen LogP contribution in [0, 0.1) is 11.3 Å². The second kappa shape index (κ2) is 9.88. The van der Waals surface area contributed by atoms with E-state index in [0.29, 0.717) is 21.4 Å². The fraction of sp³-hybridized carbons (Fsp3) is 0.211. The number of benzene rings is 1. The van der Waals surface area contributed by atoms with Gasteiger partial charge in [0.25, 0.3) is 11.1 Å². The van der Waals surface area contributed by atoms with Crippen LogP contribution in [0.5, 0.6) is 11.5 Å². The van der Waals surface area contributed by atoms with Crippen molar-refractivity contribution in [3.8, 4) is 17.6 Å². The number of hydrogen-bond donors (Lipinski definition) is 1. The average Bonchev–Trinajstić information content (AvgIpc) is 2.76. The molecule has 2 atom stereocenters. The third kappa shape index (κ3) is 5.84. The van der Waals surface area contributed by atoms with E-state index in [2.05, 4.69) is 10.1 Å². The molecule has 0 saturated carbocycles. The second-order valence-corrected chi connectivity index (χ2v) is 7.95. The van der Waals surface area contributed by atoms with Crippen molar-refractivity contribution in [1.82, 2.24) is 19.1 Å². The Hall–Kier alpha value is -3.47. The molecule has 3 rings (SSSR count). The monoisotopic (exact) mass is 553 g/mol. The molecule has 1 N–H and O–H groups in total. The molecule has 0 radical (unpaired) electrons. The second-order valence-electron chi connectivity index (χ2n) is 7.03. The molecular formula is C19H11ClF6N5O4P. The first-order valence-electron chi connectivity index (χ1n) is 9.30. The van der Waals surface area contributed by atoms with Crippen LogP contribution in [0.25, 0.3) is 0 Å². The Morgan fingerprint density at radius 2 is 1.81 bits per heavy atom. The zero-order valence-corrected chi connectivity index (χ0v) is 19.2. The Kier molecular flexibility index (Phi) is 7.45. The van der Waals surface area contributed by atoms with Crippen LogP contribution in [0.3, 0.4) is 0 Å². The number of aliphatic hydroxyl groups excluding tert-OH is 1. The predicted octanol–water partition coefficient (Wildman–Crippen LogP) is 3.42. The van der Waals surface area contributed by atoms with Gasteiger partial charge in [0.1, 0.15) is 5.75 Å². The SMILES string of the molecule is N#Cc1cc(Cl)cc(Oc2c(C(F)(F)F)ncn(Cc3cc(C(O)C(F)(F)F)c(=O)n(P)n3)c2=O)c1. The van der Waals surface area contributed by atoms with E-state index in [4.69, 9.17) is 21.6 Å². The molecular weight excluding hydrogens is 543 g/mol. The van der Waals surface area contributed by atoms with E-state index in [1.807, 2.05) is 0 Å². The van der Waals surface area contributed by atoms with Gasteiger partial charge in [-0.15, -0.1) is 0 Å². The Morgan fingerprint density at radius 1 is 1.14 bits per heavy atom. The van der Waals surface area contributed by atoms with Gasteiger partial charge in [-0.1, -0.05) is 11.6 Å². The Balaban J connectivity index is 2.12. The van der Waals surface area contributed by atoms with E-state index >= 15 is 0 Å². The number of hydrogen-bond acceptors (Lipinski definition) is 7. The van der Waals surface area contributed by atoms with Crippen molar-refractivity contribution in [1.29, 1.82) is 5.26 Å². The lowest BCUT2D eigenvalue weighted by molar-refractivity contribution is -0.207. The summed E-state index contributed by atoms with van der Waals surface area (Å²) in [5, 5.41) is 22.0. The number of alkyl halides is 6. The first kappa shape index (κ1) is 27.1. The summed E-state index contributed by atoms with van der Waals surface area (Å²) in [7, 11) is 1.69. The van der Waals surface area contributed by atoms with Gasteiger partial charge in [-0.25, -0.2) is 9.44 Å². The molecule has 2 unspecified atom stereocenters. The van der Waals surface area contributed by atoms with Crippen LogP contribution in [0.2, 0.25) is 5.02 Å². The first-order chi connectivity index (χ1) is 16.6. The molecule has 0 aliphatic carbocycles. The molecule has 0 aliphatic rings. The van der Waals surface area contributed by atoms with E-state index in [-0.39, 0.29) is 10.6 Å². The molecule has 0 saturated heterocycles. The van der Waals surface area contributed by atoms with Gasteiger partial charge in [-0.2, -0.15) is 36.7 Å². The molecule has 36 heavy (non-hydrogen) atoms. The molecule has 0 bridgehead atoms. The highest BCUT2D eigenvalue weighted by Gasteiger charge is 2.42. The standard InChI is InChI=1S/C19H11ClF6N5O4P/c20-9-1-8(5-27)2-11(3-9)35-13-14(18(21,22)23)28-7-30(17(13)34)6-10-4-12(15(32)19(24,25)26)16(33)31(36)29-10/h1-4,7,15,32H,6,36H2. The van der Waals surface area contributed by atoms with Crippen LogP contribution < -0.4 is 15.9 Å². The maximum Gasteiger partial charge on any atom is 0.437 e. The van der Waals surface area contributed by atoms with Crippen molar-refractivity contribution < 1.29 is 36.2 Å². The zero-order valence-electron chi connectivity index (χ0n) is 17.3. The summed E-state index contributed by atoms with van der Waals surface area (Å²) < 4.78 is 85.3. The number of rotatable bonds is 5. The highest BCUT2D eigenvalue weighted by Crippen LogP contribution is 2.35. The topological polar surface area (TPSA) is 123 Å². The summed E-state index contributed by atoms with van der Waals surface area (Å²) in [5.41, 5.74) is -6.08. The Bertz CT molecular complexity index is 1480. The van der Waals surface area contributed by atoms with Crippen LogP contribution >= 0.6 is 21.0 Å². The molecule has 2 aromatic heterocycles. The number of nitrogens with zero attached hydrogens (tertiary/aromatic N) is 5. The summed E-state index contributed by atoms with van der Waals surface area (Å²) in [4.78, 5) is 28.1. The summed E-state index contributed by atoms with van der Waals surface area (Å²) in [5.74, 6) is -1.71. The van der Waals surface area contributed by atoms with Crippen LogP contribution in [0.1, 0.15) is 28.6 Å². The number of ether oxygens (including phenoxy) is 1. The molecule has 2 heterocycles. The van der Waals surface area contributed by atoms with Crippen LogP contribution in [0.15, 0.2) is 40.2 Å². The van der Waals surface area contributed by atoms with Crippen molar-refractivity contribution in [2.45, 2.75) is 25.0 Å². The summed E-state index contributed by atoms with van der Waals surface area (Å²) in [6.07, 6.45) is -13.1. The molecule has 0 amide bonds. The Labute approximate surface area is 203 Å². The van der Waals surface area contributed by atoms with E-state index in [9.17, 15) is 41.0 Å². The normalized spacial score (nSPS) is 12.8. The maximum absolute atomic E-state index is 13.5. The predicted molar refractivity (Wildman–Crippen MR) is 113 cm³/mol. The number of aromatic nitrogens is 4. The third-order valence-corrected chi connectivity index (χ3v) is 5.00. The molecule has 0 spiro atoms. The van der Waals surface area contributed by atoms with Crippen molar-refractivity contribution in [2.24, 2.45) is 0 Å². The van der Waals surface area contributed by atoms with Gasteiger partial charge in [0.15, 0.2) is 11.8 Å². The van der Waals surface area contributed by atoms with E-state index in [1.165, 1.54) is 6.07 Å². The maximum atomic E-state index is 13.5. The molecule has 9 nitrogen and oxygen atoms in total. The molecule has 1 aromatic carbocycles. The van der Waals surface area contributed by atoms with Gasteiger partial charge in [-0.05, 0) is 33.7 Å². The van der Waals surface area contributed by atoms with E-state index in [1.54, 1.807) is 15.5 Å². The summed E-state index contributed by atoms with van der Waals surface area (Å²) in [6.45, 7) is -0.758. The fourth-order valence-electron chi connectivity index (χ4n) is 2.89. The van der Waals surface area contributed by atoms with Gasteiger partial charge in [0.05, 0.1) is 35.8 Å². The fourth-order valence-corrected chi connectivity index (χ4v) is 3.41. The minimum Gasteiger partial charge on any atom is -0.449 e. The smallest absolute Gasteiger partial charge is 0.437 e. The zero-order chi connectivity index (χ0) is 27.0. The van der Waals surface area contributed by atoms with E-state index < -0.39 is 64.6 Å². The highest BCUT2D eigenvalue weighted by atomic mass is 35.5. The first-order valence-corrected chi connectivity index (χ1v) is 10.2. The third-order valence-electron chi connectivity index (χ3n) is 4.44. The number of aliphatic hydroxyl groups is 1. The molecule has 17 heteroatoms. The van der Waals surface area contributed by atoms with Gasteiger partial charge in [0, 0.05) is 5.02 Å². The van der Waals surface area contributed by atoms with Gasteiger partial charge in [0.2, 0.25) is 5.75 Å². The van der Waals surface area contributed by atoms with Crippen molar-refractivity contribution in [3.05, 3.63) is 78.8 Å². The van der Waals surface area contributed by atoms with Crippen LogP contribution in [-0.4, -0.2) is 30.4 Å². The van der Waals surface area contributed by atoms with Gasteiger partial charge in [-0.3, -0.25) is 14.2 Å². The lowest BCUT2D eigenvalue weighted by Gasteiger charge is -2.17. The van der Waals surface area contributed by atoms with E-state index in [0.717, 1.165) is 12.1 Å². The minimum absolute atomic E-state index is 0.0792. The van der Waals surface area contributed by atoms with Crippen molar-refractivity contribution >= 4 is 21.0 Å². The molecule has 3 aromatic rings.